The highest BCUT2D eigenvalue weighted by Gasteiger charge is 2.13. The monoisotopic (exact) mass is 243 g/mol. The van der Waals surface area contributed by atoms with Gasteiger partial charge in [0, 0.05) is 12.6 Å². The van der Waals surface area contributed by atoms with Crippen LogP contribution in [0.2, 0.25) is 5.02 Å². The Bertz CT molecular complexity index is 331. The van der Waals surface area contributed by atoms with Crippen LogP contribution in [0.15, 0.2) is 0 Å². The smallest absolute Gasteiger partial charge is 0.0849 e. The van der Waals surface area contributed by atoms with Crippen LogP contribution in [0.5, 0.6) is 0 Å². The van der Waals surface area contributed by atoms with Crippen LogP contribution in [0.4, 0.5) is 0 Å². The van der Waals surface area contributed by atoms with Gasteiger partial charge in [-0.1, -0.05) is 18.5 Å². The lowest BCUT2D eigenvalue weighted by molar-refractivity contribution is 0.574. The molecule has 0 aromatic carbocycles. The summed E-state index contributed by atoms with van der Waals surface area (Å²) in [6.45, 7) is 7.10. The number of nitrogens with zero attached hydrogens (tertiary/aromatic N) is 2. The second-order valence-electron chi connectivity index (χ2n) is 4.25. The molecule has 2 N–H and O–H groups in total. The number of aryl methyl sites for hydroxylation is 2. The van der Waals surface area contributed by atoms with Gasteiger partial charge in [0.2, 0.25) is 0 Å². The minimum atomic E-state index is 0.266. The SMILES string of the molecule is CCc1nn(CC)c(CCCC(C)N)c1Cl. The molecule has 0 aliphatic heterocycles. The van der Waals surface area contributed by atoms with E-state index < -0.39 is 0 Å². The summed E-state index contributed by atoms with van der Waals surface area (Å²) in [5, 5.41) is 5.35. The van der Waals surface area contributed by atoms with Crippen LogP contribution in [0.1, 0.15) is 45.0 Å². The lowest BCUT2D eigenvalue weighted by Gasteiger charge is -2.07. The van der Waals surface area contributed by atoms with Gasteiger partial charge in [0.15, 0.2) is 0 Å². The first-order chi connectivity index (χ1) is 7.60. The van der Waals surface area contributed by atoms with Crippen LogP contribution in [0.3, 0.4) is 0 Å². The first kappa shape index (κ1) is 13.5. The zero-order valence-corrected chi connectivity index (χ0v) is 11.2. The molecule has 0 saturated heterocycles. The standard InChI is InChI=1S/C12H22ClN3/c1-4-10-12(13)11(16(5-2)15-10)8-6-7-9(3)14/h9H,4-8,14H2,1-3H3. The van der Waals surface area contributed by atoms with Crippen molar-refractivity contribution in [1.29, 1.82) is 0 Å². The van der Waals surface area contributed by atoms with Crippen molar-refractivity contribution >= 4 is 11.6 Å². The van der Waals surface area contributed by atoms with Gasteiger partial charge < -0.3 is 5.73 Å². The molecule has 0 bridgehead atoms. The fourth-order valence-corrected chi connectivity index (χ4v) is 2.21. The number of hydrogen-bond donors (Lipinski definition) is 1. The van der Waals surface area contributed by atoms with E-state index in [1.807, 2.05) is 11.6 Å². The maximum absolute atomic E-state index is 6.31. The Morgan fingerprint density at radius 2 is 2.12 bits per heavy atom. The largest absolute Gasteiger partial charge is 0.328 e. The quantitative estimate of drug-likeness (QED) is 0.835. The molecule has 0 aliphatic rings. The predicted molar refractivity (Wildman–Crippen MR) is 68.9 cm³/mol. The summed E-state index contributed by atoms with van der Waals surface area (Å²) in [4.78, 5) is 0. The molecule has 1 unspecified atom stereocenters. The van der Waals surface area contributed by atoms with Crippen molar-refractivity contribution in [2.24, 2.45) is 5.73 Å². The molecule has 1 rings (SSSR count). The molecule has 0 spiro atoms. The molecular weight excluding hydrogens is 222 g/mol. The molecule has 0 saturated carbocycles. The van der Waals surface area contributed by atoms with Gasteiger partial charge in [-0.3, -0.25) is 4.68 Å². The molecule has 1 heterocycles. The maximum atomic E-state index is 6.31. The van der Waals surface area contributed by atoms with Crippen LogP contribution >= 0.6 is 11.6 Å². The van der Waals surface area contributed by atoms with Crippen molar-refractivity contribution in [3.05, 3.63) is 16.4 Å². The van der Waals surface area contributed by atoms with Crippen LogP contribution in [-0.2, 0) is 19.4 Å². The summed E-state index contributed by atoms with van der Waals surface area (Å²) >= 11 is 6.31. The van der Waals surface area contributed by atoms with Crippen LogP contribution in [0, 0.1) is 0 Å². The summed E-state index contributed by atoms with van der Waals surface area (Å²) in [5.74, 6) is 0. The van der Waals surface area contributed by atoms with Crippen molar-refractivity contribution in [1.82, 2.24) is 9.78 Å². The van der Waals surface area contributed by atoms with Gasteiger partial charge in [0.1, 0.15) is 0 Å². The van der Waals surface area contributed by atoms with Crippen molar-refractivity contribution in [3.63, 3.8) is 0 Å². The van der Waals surface area contributed by atoms with E-state index in [-0.39, 0.29) is 6.04 Å². The second-order valence-corrected chi connectivity index (χ2v) is 4.62. The van der Waals surface area contributed by atoms with Gasteiger partial charge in [-0.25, -0.2) is 0 Å². The topological polar surface area (TPSA) is 43.8 Å². The van der Waals surface area contributed by atoms with Crippen molar-refractivity contribution < 1.29 is 0 Å². The highest BCUT2D eigenvalue weighted by molar-refractivity contribution is 6.31. The molecule has 3 nitrogen and oxygen atoms in total. The second kappa shape index (κ2) is 6.26. The van der Waals surface area contributed by atoms with Crippen molar-refractivity contribution in [3.8, 4) is 0 Å². The Kier molecular flexibility index (Phi) is 5.29. The van der Waals surface area contributed by atoms with Gasteiger partial charge in [-0.15, -0.1) is 0 Å². The average Bonchev–Trinajstić information content (AvgIpc) is 2.55. The molecule has 92 valence electrons. The highest BCUT2D eigenvalue weighted by atomic mass is 35.5. The molecule has 0 fully saturated rings. The normalized spacial score (nSPS) is 13.1. The maximum Gasteiger partial charge on any atom is 0.0849 e. The van der Waals surface area contributed by atoms with E-state index in [2.05, 4.69) is 18.9 Å². The fourth-order valence-electron chi connectivity index (χ4n) is 1.85. The van der Waals surface area contributed by atoms with Gasteiger partial charge in [-0.05, 0) is 39.5 Å². The molecule has 0 radical (unpaired) electrons. The van der Waals surface area contributed by atoms with Crippen molar-refractivity contribution in [2.45, 2.75) is 59.0 Å². The Morgan fingerprint density at radius 1 is 1.44 bits per heavy atom. The highest BCUT2D eigenvalue weighted by Crippen LogP contribution is 2.23. The molecule has 16 heavy (non-hydrogen) atoms. The van der Waals surface area contributed by atoms with E-state index in [1.165, 1.54) is 5.69 Å². The number of rotatable bonds is 6. The number of halogens is 1. The minimum Gasteiger partial charge on any atom is -0.328 e. The summed E-state index contributed by atoms with van der Waals surface area (Å²) in [6.07, 6.45) is 3.98. The van der Waals surface area contributed by atoms with E-state index in [0.717, 1.165) is 42.9 Å². The summed E-state index contributed by atoms with van der Waals surface area (Å²) in [6, 6.07) is 0.266. The van der Waals surface area contributed by atoms with Gasteiger partial charge in [0.25, 0.3) is 0 Å². The number of hydrogen-bond acceptors (Lipinski definition) is 2. The van der Waals surface area contributed by atoms with E-state index in [9.17, 15) is 0 Å². The third-order valence-electron chi connectivity index (χ3n) is 2.77. The number of nitrogens with two attached hydrogens (primary N) is 1. The predicted octanol–water partition coefficient (Wildman–Crippen LogP) is 2.79. The average molecular weight is 244 g/mol. The van der Waals surface area contributed by atoms with Crippen LogP contribution in [-0.4, -0.2) is 15.8 Å². The Balaban J connectivity index is 2.73. The Hall–Kier alpha value is -0.540. The first-order valence-electron chi connectivity index (χ1n) is 6.09. The van der Waals surface area contributed by atoms with Crippen LogP contribution < -0.4 is 5.73 Å². The minimum absolute atomic E-state index is 0.266. The first-order valence-corrected chi connectivity index (χ1v) is 6.47. The molecule has 0 aliphatic carbocycles. The Labute approximate surface area is 103 Å². The van der Waals surface area contributed by atoms with Gasteiger partial charge >= 0.3 is 0 Å². The summed E-state index contributed by atoms with van der Waals surface area (Å²) in [5.41, 5.74) is 7.92. The lowest BCUT2D eigenvalue weighted by Crippen LogP contribution is -2.15. The Morgan fingerprint density at radius 3 is 2.62 bits per heavy atom. The fraction of sp³-hybridized carbons (Fsp3) is 0.750. The molecule has 1 aromatic heterocycles. The lowest BCUT2D eigenvalue weighted by atomic mass is 10.1. The van der Waals surface area contributed by atoms with E-state index in [1.54, 1.807) is 0 Å². The van der Waals surface area contributed by atoms with E-state index in [4.69, 9.17) is 17.3 Å². The molecule has 4 heteroatoms. The summed E-state index contributed by atoms with van der Waals surface area (Å²) < 4.78 is 2.02. The molecule has 0 amide bonds. The third-order valence-corrected chi connectivity index (χ3v) is 3.20. The zero-order chi connectivity index (χ0) is 12.1. The third kappa shape index (κ3) is 3.22. The molecule has 1 atom stereocenters. The molecule has 1 aromatic rings. The molecular formula is C12H22ClN3. The number of aromatic nitrogens is 2. The summed E-state index contributed by atoms with van der Waals surface area (Å²) in [7, 11) is 0. The van der Waals surface area contributed by atoms with Crippen LogP contribution in [0.25, 0.3) is 0 Å². The van der Waals surface area contributed by atoms with E-state index >= 15 is 0 Å². The van der Waals surface area contributed by atoms with Gasteiger partial charge in [-0.2, -0.15) is 5.10 Å². The van der Waals surface area contributed by atoms with E-state index in [0.29, 0.717) is 0 Å². The van der Waals surface area contributed by atoms with Crippen molar-refractivity contribution in [2.75, 3.05) is 0 Å². The van der Waals surface area contributed by atoms with Gasteiger partial charge in [0.05, 0.1) is 16.4 Å². The zero-order valence-electron chi connectivity index (χ0n) is 10.5.